The number of nitrogens with zero attached hydrogens (tertiary/aromatic N) is 1. The molecule has 1 aromatic carbocycles. The van der Waals surface area contributed by atoms with Gasteiger partial charge in [-0.15, -0.1) is 0 Å². The number of halogens is 1. The first-order chi connectivity index (χ1) is 9.90. The molecule has 1 heterocycles. The predicted molar refractivity (Wildman–Crippen MR) is 87.1 cm³/mol. The Labute approximate surface area is 132 Å². The molecule has 0 bridgehead atoms. The Morgan fingerprint density at radius 3 is 2.43 bits per heavy atom. The Kier molecular flexibility index (Phi) is 4.67. The van der Waals surface area contributed by atoms with Crippen molar-refractivity contribution in [2.45, 2.75) is 32.7 Å². The maximum Gasteiger partial charge on any atom is 0.274 e. The average molecular weight is 351 g/mol. The third-order valence-corrected chi connectivity index (χ3v) is 3.87. The minimum Gasteiger partial charge on any atom is -0.395 e. The number of nitrogens with two attached hydrogens (primary N) is 1. The summed E-state index contributed by atoms with van der Waals surface area (Å²) in [6.45, 7) is 5.92. The number of amides is 1. The van der Waals surface area contributed by atoms with Crippen molar-refractivity contribution in [2.75, 3.05) is 5.73 Å². The zero-order chi connectivity index (χ0) is 15.6. The number of carbonyl (C=O) groups excluding carboxylic acids is 1. The highest BCUT2D eigenvalue weighted by Crippen LogP contribution is 2.23. The second-order valence-electron chi connectivity index (χ2n) is 5.30. The van der Waals surface area contributed by atoms with Gasteiger partial charge in [0.05, 0.1) is 17.4 Å². The lowest BCUT2D eigenvalue weighted by Gasteiger charge is -2.14. The Balaban J connectivity index is 2.12. The molecule has 0 saturated heterocycles. The van der Waals surface area contributed by atoms with Crippen LogP contribution >= 0.6 is 15.9 Å². The molecule has 1 aromatic heterocycles. The van der Waals surface area contributed by atoms with Crippen LogP contribution in [0.25, 0.3) is 0 Å². The van der Waals surface area contributed by atoms with Crippen LogP contribution in [0.4, 0.5) is 5.69 Å². The first-order valence-electron chi connectivity index (χ1n) is 6.80. The third-order valence-electron chi connectivity index (χ3n) is 3.34. The van der Waals surface area contributed by atoms with Gasteiger partial charge in [-0.3, -0.25) is 9.89 Å². The van der Waals surface area contributed by atoms with Crippen LogP contribution in [0.3, 0.4) is 0 Å². The summed E-state index contributed by atoms with van der Waals surface area (Å²) in [6, 6.07) is 7.68. The summed E-state index contributed by atoms with van der Waals surface area (Å²) in [4.78, 5) is 12.3. The number of anilines is 1. The Morgan fingerprint density at radius 1 is 1.29 bits per heavy atom. The molecule has 112 valence electrons. The van der Waals surface area contributed by atoms with Gasteiger partial charge in [-0.2, -0.15) is 5.10 Å². The maximum atomic E-state index is 12.3. The normalized spacial score (nSPS) is 12.4. The molecule has 0 aliphatic carbocycles. The van der Waals surface area contributed by atoms with Gasteiger partial charge in [-0.1, -0.05) is 41.9 Å². The van der Waals surface area contributed by atoms with Crippen LogP contribution in [-0.2, 0) is 0 Å². The lowest BCUT2D eigenvalue weighted by Crippen LogP contribution is -2.27. The molecule has 0 spiro atoms. The topological polar surface area (TPSA) is 83.8 Å². The highest BCUT2D eigenvalue weighted by molar-refractivity contribution is 9.10. The molecule has 0 saturated carbocycles. The molecule has 2 rings (SSSR count). The van der Waals surface area contributed by atoms with Gasteiger partial charge in [0.25, 0.3) is 5.91 Å². The summed E-state index contributed by atoms with van der Waals surface area (Å²) >= 11 is 3.39. The van der Waals surface area contributed by atoms with Gasteiger partial charge in [0.1, 0.15) is 0 Å². The molecule has 5 nitrogen and oxygen atoms in total. The van der Waals surface area contributed by atoms with Gasteiger partial charge in [-0.25, -0.2) is 0 Å². The highest BCUT2D eigenvalue weighted by Gasteiger charge is 2.20. The van der Waals surface area contributed by atoms with Crippen LogP contribution in [0.2, 0.25) is 0 Å². The molecule has 0 fully saturated rings. The first-order valence-corrected chi connectivity index (χ1v) is 7.59. The number of aromatic nitrogens is 2. The van der Waals surface area contributed by atoms with E-state index in [4.69, 9.17) is 5.73 Å². The first kappa shape index (κ1) is 15.6. The van der Waals surface area contributed by atoms with E-state index < -0.39 is 0 Å². The molecule has 1 atom stereocenters. The zero-order valence-electron chi connectivity index (χ0n) is 12.3. The molecule has 2 aromatic rings. The van der Waals surface area contributed by atoms with Crippen molar-refractivity contribution in [2.24, 2.45) is 0 Å². The second-order valence-corrected chi connectivity index (χ2v) is 6.22. The average Bonchev–Trinajstić information content (AvgIpc) is 2.81. The van der Waals surface area contributed by atoms with Crippen LogP contribution in [0.5, 0.6) is 0 Å². The van der Waals surface area contributed by atoms with Crippen LogP contribution in [0, 0.1) is 0 Å². The van der Waals surface area contributed by atoms with Crippen LogP contribution in [0.15, 0.2) is 28.7 Å². The molecule has 4 N–H and O–H groups in total. The summed E-state index contributed by atoms with van der Waals surface area (Å²) < 4.78 is 1.00. The number of hydrogen-bond donors (Lipinski definition) is 3. The van der Waals surface area contributed by atoms with Crippen LogP contribution < -0.4 is 11.1 Å². The smallest absolute Gasteiger partial charge is 0.274 e. The van der Waals surface area contributed by atoms with Gasteiger partial charge in [0, 0.05) is 4.47 Å². The molecule has 0 radical (unpaired) electrons. The van der Waals surface area contributed by atoms with Crippen molar-refractivity contribution in [1.82, 2.24) is 15.5 Å². The minimum atomic E-state index is -0.272. The molecule has 0 aliphatic rings. The van der Waals surface area contributed by atoms with Crippen LogP contribution in [0.1, 0.15) is 54.5 Å². The monoisotopic (exact) mass is 350 g/mol. The van der Waals surface area contributed by atoms with E-state index in [1.54, 1.807) is 0 Å². The van der Waals surface area contributed by atoms with E-state index in [1.165, 1.54) is 0 Å². The van der Waals surface area contributed by atoms with Gasteiger partial charge >= 0.3 is 0 Å². The zero-order valence-corrected chi connectivity index (χ0v) is 13.9. The summed E-state index contributed by atoms with van der Waals surface area (Å²) in [5.41, 5.74) is 8.46. The highest BCUT2D eigenvalue weighted by atomic mass is 79.9. The number of nitrogen functional groups attached to an aromatic ring is 1. The fourth-order valence-electron chi connectivity index (χ4n) is 2.08. The molecular formula is C15H19BrN4O. The van der Waals surface area contributed by atoms with Crippen molar-refractivity contribution in [3.05, 3.63) is 45.7 Å². The minimum absolute atomic E-state index is 0.121. The van der Waals surface area contributed by atoms with E-state index in [0.29, 0.717) is 5.69 Å². The summed E-state index contributed by atoms with van der Waals surface area (Å²) in [5.74, 6) is -0.0750. The van der Waals surface area contributed by atoms with Crippen molar-refractivity contribution in [3.8, 4) is 0 Å². The summed E-state index contributed by atoms with van der Waals surface area (Å²) in [7, 11) is 0. The number of rotatable bonds is 4. The van der Waals surface area contributed by atoms with Gasteiger partial charge in [-0.05, 0) is 30.5 Å². The predicted octanol–water partition coefficient (Wildman–Crippen LogP) is 3.37. The number of benzene rings is 1. The number of nitrogens with one attached hydrogen (secondary N) is 2. The lowest BCUT2D eigenvalue weighted by molar-refractivity contribution is 0.0935. The summed E-state index contributed by atoms with van der Waals surface area (Å²) in [6.07, 6.45) is 0. The standard InChI is InChI=1S/C15H19BrN4O/c1-8(2)13-12(17)14(20-19-13)15(21)18-9(3)10-4-6-11(16)7-5-10/h4-9H,17H2,1-3H3,(H,18,21)(H,19,20)/t9-/m0/s1. The van der Waals surface area contributed by atoms with E-state index in [-0.39, 0.29) is 23.6 Å². The fourth-order valence-corrected chi connectivity index (χ4v) is 2.34. The van der Waals surface area contributed by atoms with E-state index in [0.717, 1.165) is 15.7 Å². The molecule has 0 aliphatic heterocycles. The van der Waals surface area contributed by atoms with Crippen molar-refractivity contribution in [3.63, 3.8) is 0 Å². The number of carbonyl (C=O) groups is 1. The van der Waals surface area contributed by atoms with E-state index in [2.05, 4.69) is 31.4 Å². The molecular weight excluding hydrogens is 332 g/mol. The third kappa shape index (κ3) is 3.44. The van der Waals surface area contributed by atoms with E-state index in [1.807, 2.05) is 45.0 Å². The Hall–Kier alpha value is -1.82. The maximum absolute atomic E-state index is 12.3. The molecule has 6 heteroatoms. The van der Waals surface area contributed by atoms with Crippen molar-refractivity contribution < 1.29 is 4.79 Å². The molecule has 1 amide bonds. The molecule has 21 heavy (non-hydrogen) atoms. The van der Waals surface area contributed by atoms with Crippen LogP contribution in [-0.4, -0.2) is 16.1 Å². The van der Waals surface area contributed by atoms with Gasteiger partial charge in [0.2, 0.25) is 0 Å². The number of hydrogen-bond acceptors (Lipinski definition) is 3. The van der Waals surface area contributed by atoms with Crippen molar-refractivity contribution in [1.29, 1.82) is 0 Å². The Bertz CT molecular complexity index is 634. The van der Waals surface area contributed by atoms with Gasteiger partial charge < -0.3 is 11.1 Å². The van der Waals surface area contributed by atoms with Gasteiger partial charge in [0.15, 0.2) is 5.69 Å². The lowest BCUT2D eigenvalue weighted by atomic mass is 10.1. The quantitative estimate of drug-likeness (QED) is 0.790. The SMILES string of the molecule is CC(C)c1[nH]nc(C(=O)N[C@@H](C)c2ccc(Br)cc2)c1N. The largest absolute Gasteiger partial charge is 0.395 e. The molecule has 0 unspecified atom stereocenters. The van der Waals surface area contributed by atoms with Crippen molar-refractivity contribution >= 4 is 27.5 Å². The number of aromatic amines is 1. The van der Waals surface area contributed by atoms with E-state index >= 15 is 0 Å². The van der Waals surface area contributed by atoms with E-state index in [9.17, 15) is 4.79 Å². The Morgan fingerprint density at radius 2 is 1.90 bits per heavy atom. The summed E-state index contributed by atoms with van der Waals surface area (Å²) in [5, 5.41) is 9.77. The number of H-pyrrole nitrogens is 1. The second kappa shape index (κ2) is 6.30. The fraction of sp³-hybridized carbons (Fsp3) is 0.333.